The molecule has 1 aromatic heterocycles. The van der Waals surface area contributed by atoms with Gasteiger partial charge in [-0.05, 0) is 36.6 Å². The summed E-state index contributed by atoms with van der Waals surface area (Å²) in [5.74, 6) is -0.265. The zero-order valence-corrected chi connectivity index (χ0v) is 20.5. The number of benzene rings is 3. The number of carbonyl (C=O) groups excluding carboxylic acids is 1. The Kier molecular flexibility index (Phi) is 5.85. The topological polar surface area (TPSA) is 65.5 Å². The van der Waals surface area contributed by atoms with Crippen molar-refractivity contribution in [3.05, 3.63) is 105 Å². The lowest BCUT2D eigenvalue weighted by atomic mass is 9.90. The summed E-state index contributed by atoms with van der Waals surface area (Å²) in [5, 5.41) is 7.38. The van der Waals surface area contributed by atoms with Crippen LogP contribution in [0.3, 0.4) is 0 Å². The van der Waals surface area contributed by atoms with Crippen LogP contribution in [-0.2, 0) is 4.79 Å². The molecule has 1 aliphatic heterocycles. The van der Waals surface area contributed by atoms with Gasteiger partial charge in [-0.25, -0.2) is 5.01 Å². The van der Waals surface area contributed by atoms with E-state index in [2.05, 4.69) is 17.1 Å². The average Bonchev–Trinajstić information content (AvgIpc) is 3.28. The smallest absolute Gasteiger partial charge is 0.258 e. The van der Waals surface area contributed by atoms with Crippen molar-refractivity contribution >= 4 is 22.5 Å². The molecule has 0 bridgehead atoms. The van der Waals surface area contributed by atoms with Gasteiger partial charge in [0.05, 0.1) is 17.3 Å². The van der Waals surface area contributed by atoms with Crippen LogP contribution in [0, 0.1) is 19.8 Å². The van der Waals surface area contributed by atoms with Crippen LogP contribution < -0.4 is 5.56 Å². The molecular weight excluding hydrogens is 434 g/mol. The number of amides is 1. The third-order valence-electron chi connectivity index (χ3n) is 6.73. The maximum Gasteiger partial charge on any atom is 0.258 e. The van der Waals surface area contributed by atoms with Gasteiger partial charge < -0.3 is 4.98 Å². The molecule has 4 aromatic rings. The van der Waals surface area contributed by atoms with Crippen molar-refractivity contribution in [3.8, 4) is 11.1 Å². The Morgan fingerprint density at radius 2 is 1.63 bits per heavy atom. The molecule has 1 atom stereocenters. The van der Waals surface area contributed by atoms with Gasteiger partial charge in [0.15, 0.2) is 0 Å². The van der Waals surface area contributed by atoms with Gasteiger partial charge >= 0.3 is 0 Å². The summed E-state index contributed by atoms with van der Waals surface area (Å²) in [6, 6.07) is 23.9. The van der Waals surface area contributed by atoms with Crippen molar-refractivity contribution in [3.63, 3.8) is 0 Å². The van der Waals surface area contributed by atoms with E-state index in [0.29, 0.717) is 17.7 Å². The summed E-state index contributed by atoms with van der Waals surface area (Å²) in [7, 11) is 0. The molecule has 176 valence electrons. The minimum atomic E-state index is -0.252. The van der Waals surface area contributed by atoms with Gasteiger partial charge in [0.25, 0.3) is 5.56 Å². The van der Waals surface area contributed by atoms with Gasteiger partial charge in [-0.15, -0.1) is 0 Å². The van der Waals surface area contributed by atoms with Crippen LogP contribution in [0.25, 0.3) is 22.0 Å². The molecule has 1 N–H and O–H groups in total. The minimum absolute atomic E-state index is 0.0534. The Hall–Kier alpha value is -3.99. The number of aromatic amines is 1. The second-order valence-electron chi connectivity index (χ2n) is 9.58. The quantitative estimate of drug-likeness (QED) is 0.395. The van der Waals surface area contributed by atoms with Gasteiger partial charge in [0, 0.05) is 28.8 Å². The fourth-order valence-electron chi connectivity index (χ4n) is 4.87. The van der Waals surface area contributed by atoms with Gasteiger partial charge in [0.2, 0.25) is 5.91 Å². The third kappa shape index (κ3) is 4.08. The molecule has 0 saturated heterocycles. The maximum absolute atomic E-state index is 13.6. The second-order valence-corrected chi connectivity index (χ2v) is 9.58. The molecule has 0 unspecified atom stereocenters. The van der Waals surface area contributed by atoms with Crippen molar-refractivity contribution in [1.29, 1.82) is 0 Å². The maximum atomic E-state index is 13.6. The van der Waals surface area contributed by atoms with Crippen molar-refractivity contribution in [2.75, 3.05) is 0 Å². The van der Waals surface area contributed by atoms with Crippen molar-refractivity contribution in [2.24, 2.45) is 11.0 Å². The van der Waals surface area contributed by atoms with Crippen molar-refractivity contribution in [1.82, 2.24) is 9.99 Å². The average molecular weight is 464 g/mol. The molecule has 5 heteroatoms. The number of pyridine rings is 1. The Bertz CT molecular complexity index is 1510. The zero-order chi connectivity index (χ0) is 24.7. The number of H-pyrrole nitrogens is 1. The number of para-hydroxylation sites is 1. The summed E-state index contributed by atoms with van der Waals surface area (Å²) in [6.45, 7) is 7.85. The Morgan fingerprint density at radius 3 is 2.34 bits per heavy atom. The van der Waals surface area contributed by atoms with Gasteiger partial charge in [0.1, 0.15) is 0 Å². The van der Waals surface area contributed by atoms with Crippen LogP contribution in [0.5, 0.6) is 0 Å². The van der Waals surface area contributed by atoms with Crippen molar-refractivity contribution < 1.29 is 4.79 Å². The number of nitrogens with one attached hydrogen (secondary N) is 1. The van der Waals surface area contributed by atoms with E-state index in [1.54, 1.807) is 5.01 Å². The van der Waals surface area contributed by atoms with Crippen LogP contribution in [0.15, 0.2) is 82.7 Å². The second kappa shape index (κ2) is 8.99. The van der Waals surface area contributed by atoms with Crippen LogP contribution in [0.4, 0.5) is 0 Å². The molecule has 0 radical (unpaired) electrons. The predicted molar refractivity (Wildman–Crippen MR) is 141 cm³/mol. The van der Waals surface area contributed by atoms with E-state index in [1.165, 1.54) is 0 Å². The fourth-order valence-corrected chi connectivity index (χ4v) is 4.87. The SMILES string of the molecule is Cc1ccc(-c2c(C3=NN(C(=O)C(C)C)[C@@H](c4ccccc4C)C3)c(=O)[nH]c3ccccc23)cc1. The number of rotatable bonds is 4. The van der Waals surface area contributed by atoms with Crippen LogP contribution in [0.2, 0.25) is 0 Å². The Balaban J connectivity index is 1.75. The number of carbonyl (C=O) groups is 1. The zero-order valence-electron chi connectivity index (χ0n) is 20.5. The molecule has 3 aromatic carbocycles. The molecule has 1 aliphatic rings. The highest BCUT2D eigenvalue weighted by molar-refractivity contribution is 6.12. The van der Waals surface area contributed by atoms with Gasteiger partial charge in [-0.3, -0.25) is 9.59 Å². The molecule has 0 spiro atoms. The number of nitrogens with zero attached hydrogens (tertiary/aromatic N) is 2. The minimum Gasteiger partial charge on any atom is -0.321 e. The summed E-state index contributed by atoms with van der Waals surface area (Å²) >= 11 is 0. The summed E-state index contributed by atoms with van der Waals surface area (Å²) < 4.78 is 0. The predicted octanol–water partition coefficient (Wildman–Crippen LogP) is 6.15. The number of aromatic nitrogens is 1. The number of aryl methyl sites for hydroxylation is 2. The van der Waals surface area contributed by atoms with E-state index in [9.17, 15) is 9.59 Å². The highest BCUT2D eigenvalue weighted by atomic mass is 16.2. The number of hydrazone groups is 1. The molecule has 35 heavy (non-hydrogen) atoms. The van der Waals surface area contributed by atoms with Gasteiger partial charge in [-0.1, -0.05) is 86.1 Å². The molecule has 0 aliphatic carbocycles. The lowest BCUT2D eigenvalue weighted by Gasteiger charge is -2.24. The van der Waals surface area contributed by atoms with E-state index in [4.69, 9.17) is 5.10 Å². The molecule has 1 amide bonds. The lowest BCUT2D eigenvalue weighted by Crippen LogP contribution is -2.30. The normalized spacial score (nSPS) is 15.6. The lowest BCUT2D eigenvalue weighted by molar-refractivity contribution is -0.136. The Morgan fingerprint density at radius 1 is 0.943 bits per heavy atom. The van der Waals surface area contributed by atoms with E-state index in [0.717, 1.165) is 38.7 Å². The van der Waals surface area contributed by atoms with E-state index < -0.39 is 0 Å². The summed E-state index contributed by atoms with van der Waals surface area (Å²) in [6.07, 6.45) is 0.476. The van der Waals surface area contributed by atoms with Crippen LogP contribution >= 0.6 is 0 Å². The third-order valence-corrected chi connectivity index (χ3v) is 6.73. The van der Waals surface area contributed by atoms with Gasteiger partial charge in [-0.2, -0.15) is 5.10 Å². The molecular formula is C30H29N3O2. The highest BCUT2D eigenvalue weighted by Crippen LogP contribution is 2.38. The Labute approximate surface area is 205 Å². The molecule has 2 heterocycles. The monoisotopic (exact) mass is 463 g/mol. The summed E-state index contributed by atoms with van der Waals surface area (Å²) in [4.78, 5) is 29.9. The van der Waals surface area contributed by atoms with Crippen molar-refractivity contribution in [2.45, 2.75) is 40.2 Å². The number of hydrogen-bond acceptors (Lipinski definition) is 3. The highest BCUT2D eigenvalue weighted by Gasteiger charge is 2.36. The largest absolute Gasteiger partial charge is 0.321 e. The fraction of sp³-hybridized carbons (Fsp3) is 0.233. The first-order chi connectivity index (χ1) is 16.8. The van der Waals surface area contributed by atoms with Crippen LogP contribution in [0.1, 0.15) is 48.6 Å². The summed E-state index contributed by atoms with van der Waals surface area (Å²) in [5.41, 5.74) is 6.86. The van der Waals surface area contributed by atoms with E-state index in [1.807, 2.05) is 88.4 Å². The number of fused-ring (bicyclic) bond motifs is 1. The molecule has 5 nitrogen and oxygen atoms in total. The number of hydrogen-bond donors (Lipinski definition) is 1. The first-order valence-electron chi connectivity index (χ1n) is 12.0. The molecule has 0 fully saturated rings. The van der Waals surface area contributed by atoms with E-state index >= 15 is 0 Å². The van der Waals surface area contributed by atoms with E-state index in [-0.39, 0.29) is 23.4 Å². The van der Waals surface area contributed by atoms with Crippen LogP contribution in [-0.4, -0.2) is 21.6 Å². The standard InChI is InChI=1S/C30H29N3O2/c1-18(2)30(35)33-26(22-10-6-5-9-20(22)4)17-25(32-33)28-27(21-15-13-19(3)14-16-21)23-11-7-8-12-24(23)31-29(28)34/h5-16,18,26H,17H2,1-4H3,(H,31,34)/t26-/m1/s1. The first kappa shape index (κ1) is 22.8. The first-order valence-corrected chi connectivity index (χ1v) is 12.0. The molecule has 5 rings (SSSR count). The molecule has 0 saturated carbocycles.